The second-order valence-electron chi connectivity index (χ2n) is 12.4. The van der Waals surface area contributed by atoms with Crippen LogP contribution in [0, 0.1) is 13.8 Å². The van der Waals surface area contributed by atoms with Gasteiger partial charge in [0.15, 0.2) is 0 Å². The van der Waals surface area contributed by atoms with Gasteiger partial charge in [0.2, 0.25) is 0 Å². The molecule has 4 aromatic rings. The van der Waals surface area contributed by atoms with Crippen molar-refractivity contribution in [3.05, 3.63) is 117 Å². The van der Waals surface area contributed by atoms with Crippen molar-refractivity contribution in [1.82, 2.24) is 0 Å². The van der Waals surface area contributed by atoms with Crippen LogP contribution in [0.15, 0.2) is 77.7 Å². The van der Waals surface area contributed by atoms with Gasteiger partial charge in [0, 0.05) is 21.1 Å². The fraction of sp³-hybridized carbons (Fsp3) is 0.314. The smallest absolute Gasteiger partial charge is 0.128 e. The Hall–Kier alpha value is -3.37. The van der Waals surface area contributed by atoms with E-state index in [0.717, 1.165) is 33.4 Å². The molecule has 0 atom stereocenters. The Kier molecular flexibility index (Phi) is 7.33. The normalized spacial score (nSPS) is 12.5. The maximum absolute atomic E-state index is 10.2. The molecule has 0 spiro atoms. The molecule has 204 valence electrons. The molecular formula is C35H40O3S. The number of thiol groups is 1. The molecule has 0 aliphatic rings. The summed E-state index contributed by atoms with van der Waals surface area (Å²) in [6.45, 7) is 17.1. The predicted molar refractivity (Wildman–Crippen MR) is 164 cm³/mol. The van der Waals surface area contributed by atoms with Gasteiger partial charge in [-0.3, -0.25) is 0 Å². The summed E-state index contributed by atoms with van der Waals surface area (Å²) >= 11 is 4.48. The van der Waals surface area contributed by atoms with Gasteiger partial charge >= 0.3 is 0 Å². The highest BCUT2D eigenvalue weighted by Crippen LogP contribution is 2.43. The van der Waals surface area contributed by atoms with Crippen LogP contribution in [0.4, 0.5) is 0 Å². The second-order valence-corrected chi connectivity index (χ2v) is 12.9. The zero-order valence-electron chi connectivity index (χ0n) is 24.2. The highest BCUT2D eigenvalue weighted by molar-refractivity contribution is 7.80. The summed E-state index contributed by atoms with van der Waals surface area (Å²) in [4.78, 5) is 0.553. The summed E-state index contributed by atoms with van der Waals surface area (Å²) in [5, 5.41) is 30.5. The number of rotatable bonds is 6. The highest BCUT2D eigenvalue weighted by Gasteiger charge is 2.33. The Labute approximate surface area is 238 Å². The van der Waals surface area contributed by atoms with Gasteiger partial charge in [0.05, 0.1) is 0 Å². The minimum absolute atomic E-state index is 0.167. The summed E-state index contributed by atoms with van der Waals surface area (Å²) < 4.78 is 0. The molecule has 0 amide bonds. The number of benzene rings is 4. The molecule has 0 aliphatic heterocycles. The molecule has 0 aromatic heterocycles. The summed E-state index contributed by atoms with van der Waals surface area (Å²) in [7, 11) is 0. The van der Waals surface area contributed by atoms with Crippen molar-refractivity contribution in [1.29, 1.82) is 0 Å². The first-order chi connectivity index (χ1) is 18.0. The monoisotopic (exact) mass is 540 g/mol. The van der Waals surface area contributed by atoms with Crippen molar-refractivity contribution in [3.63, 3.8) is 0 Å². The van der Waals surface area contributed by atoms with Gasteiger partial charge in [-0.25, -0.2) is 0 Å². The van der Waals surface area contributed by atoms with Crippen LogP contribution in [-0.4, -0.2) is 15.3 Å². The van der Waals surface area contributed by atoms with Crippen molar-refractivity contribution in [3.8, 4) is 17.2 Å². The number of phenolic OH excluding ortho intramolecular Hbond substituents is 3. The Morgan fingerprint density at radius 2 is 0.744 bits per heavy atom. The fourth-order valence-corrected chi connectivity index (χ4v) is 5.42. The van der Waals surface area contributed by atoms with Crippen LogP contribution < -0.4 is 0 Å². The van der Waals surface area contributed by atoms with Crippen molar-refractivity contribution < 1.29 is 15.3 Å². The van der Waals surface area contributed by atoms with Crippen LogP contribution in [0.25, 0.3) is 0 Å². The van der Waals surface area contributed by atoms with Gasteiger partial charge in [0.25, 0.3) is 0 Å². The minimum atomic E-state index is -0.377. The molecule has 0 saturated carbocycles. The van der Waals surface area contributed by atoms with Gasteiger partial charge in [-0.15, -0.1) is 12.6 Å². The Bertz CT molecular complexity index is 1350. The van der Waals surface area contributed by atoms with E-state index in [1.807, 2.05) is 38.1 Å². The lowest BCUT2D eigenvalue weighted by atomic mass is 9.69. The Morgan fingerprint density at radius 3 is 1.05 bits per heavy atom. The SMILES string of the molecule is Cc1cc(C(C)(C)c2cc(C(C)(C)c3ccc(O)c(C)c3)cc(C(C)(C)c3ccc(O)c(S)c3)c2)ccc1O. The van der Waals surface area contributed by atoms with Crippen LogP contribution in [0.2, 0.25) is 0 Å². The lowest BCUT2D eigenvalue weighted by molar-refractivity contribution is 0.461. The molecule has 4 aromatic carbocycles. The van der Waals surface area contributed by atoms with Crippen molar-refractivity contribution in [2.75, 3.05) is 0 Å². The first-order valence-electron chi connectivity index (χ1n) is 13.3. The average molecular weight is 541 g/mol. The molecule has 0 bridgehead atoms. The highest BCUT2D eigenvalue weighted by atomic mass is 32.1. The predicted octanol–water partition coefficient (Wildman–Crippen LogP) is 8.69. The van der Waals surface area contributed by atoms with E-state index in [0.29, 0.717) is 16.4 Å². The summed E-state index contributed by atoms with van der Waals surface area (Å²) in [5.74, 6) is 0.757. The molecule has 0 unspecified atom stereocenters. The molecular weight excluding hydrogens is 500 g/mol. The molecule has 0 saturated heterocycles. The molecule has 39 heavy (non-hydrogen) atoms. The maximum Gasteiger partial charge on any atom is 0.128 e. The van der Waals surface area contributed by atoms with Crippen LogP contribution >= 0.6 is 12.6 Å². The number of aromatic hydroxyl groups is 3. The second kappa shape index (κ2) is 9.98. The zero-order valence-corrected chi connectivity index (χ0v) is 25.1. The third-order valence-electron chi connectivity index (χ3n) is 8.63. The first-order valence-corrected chi connectivity index (χ1v) is 13.8. The Balaban J connectivity index is 1.97. The van der Waals surface area contributed by atoms with Crippen LogP contribution in [-0.2, 0) is 16.2 Å². The number of aryl methyl sites for hydroxylation is 2. The molecule has 0 heterocycles. The third kappa shape index (κ3) is 5.27. The van der Waals surface area contributed by atoms with Crippen LogP contribution in [0.3, 0.4) is 0 Å². The third-order valence-corrected chi connectivity index (χ3v) is 8.99. The molecule has 0 fully saturated rings. The zero-order chi connectivity index (χ0) is 28.9. The van der Waals surface area contributed by atoms with E-state index in [4.69, 9.17) is 0 Å². The Morgan fingerprint density at radius 1 is 0.436 bits per heavy atom. The quantitative estimate of drug-likeness (QED) is 0.185. The van der Waals surface area contributed by atoms with E-state index < -0.39 is 0 Å². The van der Waals surface area contributed by atoms with Gasteiger partial charge < -0.3 is 15.3 Å². The van der Waals surface area contributed by atoms with Crippen molar-refractivity contribution in [2.24, 2.45) is 0 Å². The lowest BCUT2D eigenvalue weighted by Crippen LogP contribution is -2.27. The first kappa shape index (κ1) is 28.6. The molecule has 4 heteroatoms. The maximum atomic E-state index is 10.2. The summed E-state index contributed by atoms with van der Waals surface area (Å²) in [6, 6.07) is 24.2. The van der Waals surface area contributed by atoms with Gasteiger partial charge in [-0.1, -0.05) is 90.1 Å². The van der Waals surface area contributed by atoms with E-state index in [9.17, 15) is 15.3 Å². The number of phenols is 3. The fourth-order valence-electron chi connectivity index (χ4n) is 5.21. The minimum Gasteiger partial charge on any atom is -0.508 e. The van der Waals surface area contributed by atoms with Crippen molar-refractivity contribution >= 4 is 12.6 Å². The van der Waals surface area contributed by atoms with E-state index in [-0.39, 0.29) is 22.0 Å². The van der Waals surface area contributed by atoms with E-state index in [2.05, 4.69) is 84.5 Å². The number of hydrogen-bond acceptors (Lipinski definition) is 4. The largest absolute Gasteiger partial charge is 0.508 e. The van der Waals surface area contributed by atoms with E-state index in [1.165, 1.54) is 11.1 Å². The molecule has 4 rings (SSSR count). The molecule has 0 aliphatic carbocycles. The van der Waals surface area contributed by atoms with Gasteiger partial charge in [-0.2, -0.15) is 0 Å². The van der Waals surface area contributed by atoms with Gasteiger partial charge in [-0.05, 0) is 82.6 Å². The standard InChI is InChI=1S/C35H40O3S/c1-21-15-23(9-12-29(21)36)33(3,4)26-17-27(34(5,6)24-10-13-30(37)22(2)16-24)19-28(18-26)35(7,8)25-11-14-31(38)32(39)20-25/h9-20,36-39H,1-8H3. The summed E-state index contributed by atoms with van der Waals surface area (Å²) in [6.07, 6.45) is 0. The number of hydrogen-bond donors (Lipinski definition) is 4. The molecule has 3 N–H and O–H groups in total. The van der Waals surface area contributed by atoms with Crippen molar-refractivity contribution in [2.45, 2.75) is 76.5 Å². The average Bonchev–Trinajstić information content (AvgIpc) is 2.88. The molecule has 3 nitrogen and oxygen atoms in total. The molecule has 0 radical (unpaired) electrons. The summed E-state index contributed by atoms with van der Waals surface area (Å²) in [5.41, 5.74) is 7.43. The van der Waals surface area contributed by atoms with E-state index >= 15 is 0 Å². The van der Waals surface area contributed by atoms with Crippen LogP contribution in [0.5, 0.6) is 17.2 Å². The topological polar surface area (TPSA) is 60.7 Å². The lowest BCUT2D eigenvalue weighted by Gasteiger charge is -2.35. The van der Waals surface area contributed by atoms with E-state index in [1.54, 1.807) is 18.2 Å². The van der Waals surface area contributed by atoms with Gasteiger partial charge in [0.1, 0.15) is 17.2 Å². The van der Waals surface area contributed by atoms with Crippen LogP contribution in [0.1, 0.15) is 86.1 Å².